The summed E-state index contributed by atoms with van der Waals surface area (Å²) in [6.07, 6.45) is -0.257. The molecule has 4 heterocycles. The number of esters is 1. The predicted molar refractivity (Wildman–Crippen MR) is 174 cm³/mol. The Bertz CT molecular complexity index is 1430. The van der Waals surface area contributed by atoms with Crippen molar-refractivity contribution >= 4 is 35.2 Å². The first kappa shape index (κ1) is 32.5. The van der Waals surface area contributed by atoms with Gasteiger partial charge < -0.3 is 28.9 Å². The lowest BCUT2D eigenvalue weighted by molar-refractivity contribution is -0.142. The molecule has 3 aliphatic rings. The Labute approximate surface area is 269 Å². The van der Waals surface area contributed by atoms with Gasteiger partial charge in [0.05, 0.1) is 26.9 Å². The molecule has 1 atom stereocenters. The molecule has 45 heavy (non-hydrogen) atoms. The Kier molecular flexibility index (Phi) is 11.1. The number of carbonyl (C=O) groups is 2. The molecule has 0 bridgehead atoms. The molecule has 0 spiro atoms. The second-order valence-corrected chi connectivity index (χ2v) is 11.5. The highest BCUT2D eigenvalue weighted by molar-refractivity contribution is 6.31. The molecule has 240 valence electrons. The van der Waals surface area contributed by atoms with Gasteiger partial charge in [0.2, 0.25) is 0 Å². The summed E-state index contributed by atoms with van der Waals surface area (Å²) in [5.41, 5.74) is 3.90. The van der Waals surface area contributed by atoms with E-state index in [4.69, 9.17) is 25.8 Å². The maximum atomic E-state index is 12.1. The minimum Gasteiger partial charge on any atom is -0.468 e. The molecule has 0 aliphatic carbocycles. The van der Waals surface area contributed by atoms with E-state index in [1.54, 1.807) is 4.90 Å². The van der Waals surface area contributed by atoms with Crippen LogP contribution in [0.3, 0.4) is 0 Å². The van der Waals surface area contributed by atoms with Crippen LogP contribution in [0, 0.1) is 0 Å². The number of ether oxygens (including phenoxy) is 3. The number of morpholine rings is 1. The molecule has 1 amide bonds. The number of anilines is 2. The van der Waals surface area contributed by atoms with Crippen LogP contribution in [0.25, 0.3) is 11.4 Å². The Morgan fingerprint density at radius 1 is 0.956 bits per heavy atom. The second kappa shape index (κ2) is 15.4. The fraction of sp³-hybridized carbons (Fsp3) is 0.455. The third kappa shape index (κ3) is 8.02. The number of amides is 1. The highest BCUT2D eigenvalue weighted by Gasteiger charge is 2.37. The number of hydrogen-bond donors (Lipinski definition) is 0. The van der Waals surface area contributed by atoms with Crippen molar-refractivity contribution in [2.45, 2.75) is 19.4 Å². The van der Waals surface area contributed by atoms with Crippen LogP contribution >= 0.6 is 11.6 Å². The molecule has 11 nitrogen and oxygen atoms in total. The summed E-state index contributed by atoms with van der Waals surface area (Å²) in [4.78, 5) is 41.4. The van der Waals surface area contributed by atoms with Gasteiger partial charge in [-0.25, -0.2) is 14.8 Å². The first-order valence-electron chi connectivity index (χ1n) is 15.4. The number of carbonyl (C=O) groups excluding carboxylic acids is 2. The molecule has 3 aliphatic heterocycles. The van der Waals surface area contributed by atoms with Gasteiger partial charge in [0.1, 0.15) is 16.9 Å². The van der Waals surface area contributed by atoms with Crippen molar-refractivity contribution in [3.8, 4) is 11.4 Å². The first-order chi connectivity index (χ1) is 21.9. The van der Waals surface area contributed by atoms with Crippen molar-refractivity contribution in [3.05, 3.63) is 70.9 Å². The van der Waals surface area contributed by atoms with E-state index < -0.39 is 5.92 Å². The Morgan fingerprint density at radius 3 is 2.29 bits per heavy atom. The fourth-order valence-electron chi connectivity index (χ4n) is 5.72. The fourth-order valence-corrected chi connectivity index (χ4v) is 6.02. The van der Waals surface area contributed by atoms with E-state index in [0.717, 1.165) is 57.2 Å². The molecule has 1 unspecified atom stereocenters. The lowest BCUT2D eigenvalue weighted by Crippen LogP contribution is -2.49. The molecule has 12 heteroatoms. The summed E-state index contributed by atoms with van der Waals surface area (Å²) in [5.74, 6) is 0.317. The third-order valence-electron chi connectivity index (χ3n) is 8.18. The van der Waals surface area contributed by atoms with Gasteiger partial charge in [0.25, 0.3) is 0 Å². The summed E-state index contributed by atoms with van der Waals surface area (Å²) >= 11 is 6.46. The lowest BCUT2D eigenvalue weighted by atomic mass is 10.1. The topological polar surface area (TPSA) is 101 Å². The zero-order valence-corrected chi connectivity index (χ0v) is 26.9. The molecule has 6 rings (SSSR count). The van der Waals surface area contributed by atoms with Gasteiger partial charge in [-0.1, -0.05) is 41.9 Å². The van der Waals surface area contributed by atoms with Gasteiger partial charge in [-0.2, -0.15) is 0 Å². The highest BCUT2D eigenvalue weighted by Crippen LogP contribution is 2.40. The maximum absolute atomic E-state index is 12.1. The van der Waals surface area contributed by atoms with Crippen molar-refractivity contribution in [1.82, 2.24) is 19.8 Å². The van der Waals surface area contributed by atoms with E-state index in [1.165, 1.54) is 12.7 Å². The van der Waals surface area contributed by atoms with Crippen LogP contribution in [0.5, 0.6) is 0 Å². The van der Waals surface area contributed by atoms with Crippen LogP contribution in [0.2, 0.25) is 5.15 Å². The smallest absolute Gasteiger partial charge is 0.409 e. The van der Waals surface area contributed by atoms with Gasteiger partial charge in [-0.15, -0.1) is 0 Å². The maximum Gasteiger partial charge on any atom is 0.409 e. The van der Waals surface area contributed by atoms with E-state index in [0.29, 0.717) is 43.4 Å². The van der Waals surface area contributed by atoms with Crippen molar-refractivity contribution in [3.63, 3.8) is 0 Å². The Morgan fingerprint density at radius 2 is 1.64 bits per heavy atom. The van der Waals surface area contributed by atoms with Crippen molar-refractivity contribution < 1.29 is 23.8 Å². The van der Waals surface area contributed by atoms with Crippen LogP contribution < -0.4 is 9.80 Å². The number of rotatable bonds is 6. The summed E-state index contributed by atoms with van der Waals surface area (Å²) in [5, 5.41) is 0.268. The molecule has 2 fully saturated rings. The van der Waals surface area contributed by atoms with E-state index in [9.17, 15) is 9.59 Å². The SMILES string of the molecule is CCOC(=O)N1CCN(c2ccc(-c3nc(Cl)c4c(n3)N(C)CC4C(=O)OC)cc2)CC1.c1ccc(CN2CCOCC2)cc1. The molecule has 1 aromatic heterocycles. The van der Waals surface area contributed by atoms with E-state index in [-0.39, 0.29) is 17.2 Å². The molecule has 0 N–H and O–H groups in total. The molecule has 2 saturated heterocycles. The largest absolute Gasteiger partial charge is 0.468 e. The molecular weight excluding hydrogens is 596 g/mol. The predicted octanol–water partition coefficient (Wildman–Crippen LogP) is 4.30. The summed E-state index contributed by atoms with van der Waals surface area (Å²) < 4.78 is 15.3. The molecular formula is C33H41ClN6O5. The van der Waals surface area contributed by atoms with E-state index in [2.05, 4.69) is 50.1 Å². The molecule has 2 aromatic carbocycles. The quantitative estimate of drug-likeness (QED) is 0.288. The van der Waals surface area contributed by atoms with Gasteiger partial charge in [-0.3, -0.25) is 9.69 Å². The van der Waals surface area contributed by atoms with Crippen molar-refractivity contribution in [2.24, 2.45) is 0 Å². The van der Waals surface area contributed by atoms with Crippen LogP contribution in [0.1, 0.15) is 24.0 Å². The highest BCUT2D eigenvalue weighted by atomic mass is 35.5. The minimum absolute atomic E-state index is 0.257. The van der Waals surface area contributed by atoms with Gasteiger partial charge in [-0.05, 0) is 36.8 Å². The monoisotopic (exact) mass is 636 g/mol. The van der Waals surface area contributed by atoms with E-state index in [1.807, 2.05) is 43.1 Å². The normalized spacial score (nSPS) is 18.1. The van der Waals surface area contributed by atoms with Crippen LogP contribution in [0.4, 0.5) is 16.3 Å². The molecule has 0 saturated carbocycles. The molecule has 3 aromatic rings. The first-order valence-corrected chi connectivity index (χ1v) is 15.7. The standard InChI is InChI=1S/C22H26ClN5O4.C11H15NO/c1-4-32-22(30)28-11-9-27(10-12-28)15-7-5-14(6-8-15)19-24-18(23)17-16(21(29)31-3)13-26(2)20(17)25-19;1-2-4-11(5-3-1)10-12-6-8-13-9-7-12/h5-8,16H,4,9-13H2,1-3H3;1-5H,6-10H2. The number of piperazine rings is 1. The zero-order chi connectivity index (χ0) is 31.8. The molecule has 0 radical (unpaired) electrons. The number of likely N-dealkylation sites (N-methyl/N-ethyl adjacent to an activating group) is 1. The average molecular weight is 637 g/mol. The number of methoxy groups -OCH3 is 1. The Hall–Kier alpha value is -3.93. The number of aromatic nitrogens is 2. The van der Waals surface area contributed by atoms with Crippen LogP contribution in [0.15, 0.2) is 54.6 Å². The summed E-state index contributed by atoms with van der Waals surface area (Å²) in [7, 11) is 3.23. The minimum atomic E-state index is -0.489. The number of halogens is 1. The number of fused-ring (bicyclic) bond motifs is 1. The zero-order valence-electron chi connectivity index (χ0n) is 26.2. The van der Waals surface area contributed by atoms with Crippen LogP contribution in [-0.4, -0.2) is 112 Å². The average Bonchev–Trinajstić information content (AvgIpc) is 3.42. The van der Waals surface area contributed by atoms with Crippen LogP contribution in [-0.2, 0) is 25.5 Å². The number of nitrogens with zero attached hydrogens (tertiary/aromatic N) is 6. The van der Waals surface area contributed by atoms with Gasteiger partial charge in [0.15, 0.2) is 5.82 Å². The number of benzene rings is 2. The Balaban J connectivity index is 0.000000256. The van der Waals surface area contributed by atoms with Gasteiger partial charge >= 0.3 is 12.1 Å². The third-order valence-corrected chi connectivity index (χ3v) is 8.47. The van der Waals surface area contributed by atoms with Gasteiger partial charge in [0, 0.05) is 76.2 Å². The van der Waals surface area contributed by atoms with Crippen molar-refractivity contribution in [2.75, 3.05) is 89.6 Å². The summed E-state index contributed by atoms with van der Waals surface area (Å²) in [6.45, 7) is 10.3. The van der Waals surface area contributed by atoms with E-state index >= 15 is 0 Å². The number of hydrogen-bond acceptors (Lipinski definition) is 10. The summed E-state index contributed by atoms with van der Waals surface area (Å²) in [6, 6.07) is 18.5. The lowest BCUT2D eigenvalue weighted by Gasteiger charge is -2.35. The second-order valence-electron chi connectivity index (χ2n) is 11.1. The van der Waals surface area contributed by atoms with Crippen molar-refractivity contribution in [1.29, 1.82) is 0 Å².